The predicted octanol–water partition coefficient (Wildman–Crippen LogP) is 1.43. The zero-order chi connectivity index (χ0) is 9.97. The molecule has 4 heteroatoms. The fourth-order valence-electron chi connectivity index (χ4n) is 1.22. The van der Waals surface area contributed by atoms with Gasteiger partial charge in [-0.1, -0.05) is 0 Å². The maximum atomic E-state index is 5.74. The van der Waals surface area contributed by atoms with Gasteiger partial charge in [-0.05, 0) is 24.6 Å². The molecule has 2 rings (SSSR count). The van der Waals surface area contributed by atoms with Crippen LogP contribution < -0.4 is 5.73 Å². The van der Waals surface area contributed by atoms with Gasteiger partial charge in [0.15, 0.2) is 0 Å². The summed E-state index contributed by atoms with van der Waals surface area (Å²) in [6.45, 7) is 2.00. The molecule has 2 aromatic heterocycles. The van der Waals surface area contributed by atoms with Gasteiger partial charge >= 0.3 is 0 Å². The summed E-state index contributed by atoms with van der Waals surface area (Å²) in [6, 6.07) is 3.87. The van der Waals surface area contributed by atoms with Crippen LogP contribution in [-0.4, -0.2) is 15.0 Å². The molecule has 2 N–H and O–H groups in total. The number of nitrogens with two attached hydrogens (primary N) is 1. The van der Waals surface area contributed by atoms with E-state index in [1.165, 1.54) is 6.33 Å². The fraction of sp³-hybridized carbons (Fsp3) is 0.100. The third-order valence-electron chi connectivity index (χ3n) is 1.90. The molecule has 70 valence electrons. The van der Waals surface area contributed by atoms with Crippen LogP contribution in [0.2, 0.25) is 0 Å². The van der Waals surface area contributed by atoms with Crippen LogP contribution in [0.1, 0.15) is 5.56 Å². The molecule has 0 atom stereocenters. The van der Waals surface area contributed by atoms with E-state index in [1.807, 2.05) is 19.1 Å². The van der Waals surface area contributed by atoms with Gasteiger partial charge in [0.2, 0.25) is 0 Å². The van der Waals surface area contributed by atoms with E-state index >= 15 is 0 Å². The van der Waals surface area contributed by atoms with Crippen molar-refractivity contribution in [2.24, 2.45) is 0 Å². The van der Waals surface area contributed by atoms with Crippen molar-refractivity contribution < 1.29 is 0 Å². The third kappa shape index (κ3) is 1.54. The molecule has 0 radical (unpaired) electrons. The summed E-state index contributed by atoms with van der Waals surface area (Å²) in [7, 11) is 0. The number of pyridine rings is 1. The Bertz CT molecular complexity index is 453. The summed E-state index contributed by atoms with van der Waals surface area (Å²) in [5.41, 5.74) is 8.88. The number of rotatable bonds is 1. The summed E-state index contributed by atoms with van der Waals surface area (Å²) in [6.07, 6.45) is 4.79. The average molecular weight is 186 g/mol. The van der Waals surface area contributed by atoms with Gasteiger partial charge < -0.3 is 5.73 Å². The number of hydrogen-bond donors (Lipinski definition) is 1. The molecule has 0 amide bonds. The van der Waals surface area contributed by atoms with Crippen LogP contribution in [-0.2, 0) is 0 Å². The number of aryl methyl sites for hydroxylation is 1. The lowest BCUT2D eigenvalue weighted by molar-refractivity contribution is 1.15. The second kappa shape index (κ2) is 3.41. The second-order valence-corrected chi connectivity index (χ2v) is 3.05. The molecule has 0 spiro atoms. The molecule has 14 heavy (non-hydrogen) atoms. The van der Waals surface area contributed by atoms with Crippen molar-refractivity contribution in [1.29, 1.82) is 0 Å². The topological polar surface area (TPSA) is 64.7 Å². The molecular weight excluding hydrogens is 176 g/mol. The summed E-state index contributed by atoms with van der Waals surface area (Å²) in [5.74, 6) is 0. The van der Waals surface area contributed by atoms with Crippen LogP contribution in [0, 0.1) is 6.92 Å². The Labute approximate surface area is 81.9 Å². The van der Waals surface area contributed by atoms with Gasteiger partial charge in [-0.2, -0.15) is 0 Å². The zero-order valence-corrected chi connectivity index (χ0v) is 7.81. The predicted molar refractivity (Wildman–Crippen MR) is 54.4 cm³/mol. The lowest BCUT2D eigenvalue weighted by Crippen LogP contribution is -1.96. The normalized spacial score (nSPS) is 10.1. The highest BCUT2D eigenvalue weighted by molar-refractivity contribution is 5.68. The summed E-state index contributed by atoms with van der Waals surface area (Å²) < 4.78 is 0. The molecule has 2 aromatic rings. The first-order chi connectivity index (χ1) is 6.77. The largest absolute Gasteiger partial charge is 0.396 e. The highest BCUT2D eigenvalue weighted by Gasteiger charge is 2.04. The van der Waals surface area contributed by atoms with Crippen LogP contribution in [0.15, 0.2) is 30.9 Å². The van der Waals surface area contributed by atoms with E-state index in [9.17, 15) is 0 Å². The van der Waals surface area contributed by atoms with Crippen LogP contribution in [0.25, 0.3) is 11.4 Å². The van der Waals surface area contributed by atoms with Gasteiger partial charge in [0.1, 0.15) is 12.0 Å². The standard InChI is InChI=1S/C10H10N4/c1-7-2-3-13-9(4-7)10-8(11)5-12-6-14-10/h2-6H,11H2,1H3. The van der Waals surface area contributed by atoms with Crippen LogP contribution in [0.4, 0.5) is 5.69 Å². The Morgan fingerprint density at radius 2 is 2.14 bits per heavy atom. The number of anilines is 1. The molecule has 0 aromatic carbocycles. The monoisotopic (exact) mass is 186 g/mol. The van der Waals surface area contributed by atoms with Crippen LogP contribution in [0.5, 0.6) is 0 Å². The van der Waals surface area contributed by atoms with Crippen LogP contribution in [0.3, 0.4) is 0 Å². The Balaban J connectivity index is 2.55. The average Bonchev–Trinajstić information content (AvgIpc) is 2.18. The molecule has 0 saturated carbocycles. The SMILES string of the molecule is Cc1ccnc(-c2ncncc2N)c1. The molecule has 0 bridgehead atoms. The maximum Gasteiger partial charge on any atom is 0.116 e. The van der Waals surface area contributed by atoms with E-state index < -0.39 is 0 Å². The fourth-order valence-corrected chi connectivity index (χ4v) is 1.22. The summed E-state index contributed by atoms with van der Waals surface area (Å²) >= 11 is 0. The minimum absolute atomic E-state index is 0.547. The van der Waals surface area contributed by atoms with Crippen molar-refractivity contribution >= 4 is 5.69 Å². The highest BCUT2D eigenvalue weighted by Crippen LogP contribution is 2.19. The van der Waals surface area contributed by atoms with Crippen molar-refractivity contribution in [3.05, 3.63) is 36.4 Å². The molecule has 0 aliphatic heterocycles. The minimum atomic E-state index is 0.547. The van der Waals surface area contributed by atoms with Crippen molar-refractivity contribution in [2.75, 3.05) is 5.73 Å². The molecule has 2 heterocycles. The molecule has 0 aliphatic carbocycles. The Morgan fingerprint density at radius 3 is 2.86 bits per heavy atom. The van der Waals surface area contributed by atoms with Gasteiger partial charge in [0, 0.05) is 6.20 Å². The van der Waals surface area contributed by atoms with Gasteiger partial charge in [0.25, 0.3) is 0 Å². The van der Waals surface area contributed by atoms with E-state index in [0.717, 1.165) is 11.3 Å². The van der Waals surface area contributed by atoms with Gasteiger partial charge in [-0.15, -0.1) is 0 Å². The quantitative estimate of drug-likeness (QED) is 0.731. The minimum Gasteiger partial charge on any atom is -0.396 e. The van der Waals surface area contributed by atoms with E-state index in [2.05, 4.69) is 15.0 Å². The third-order valence-corrected chi connectivity index (χ3v) is 1.90. The lowest BCUT2D eigenvalue weighted by Gasteiger charge is -2.02. The number of nitrogen functional groups attached to an aromatic ring is 1. The van der Waals surface area contributed by atoms with E-state index in [1.54, 1.807) is 12.4 Å². The lowest BCUT2D eigenvalue weighted by atomic mass is 10.2. The first-order valence-electron chi connectivity index (χ1n) is 4.26. The molecule has 0 saturated heterocycles. The molecule has 0 fully saturated rings. The maximum absolute atomic E-state index is 5.74. The smallest absolute Gasteiger partial charge is 0.116 e. The first kappa shape index (κ1) is 8.62. The Kier molecular flexibility index (Phi) is 2.10. The van der Waals surface area contributed by atoms with Gasteiger partial charge in [-0.25, -0.2) is 9.97 Å². The van der Waals surface area contributed by atoms with E-state index in [-0.39, 0.29) is 0 Å². The molecular formula is C10H10N4. The molecule has 0 unspecified atom stereocenters. The van der Waals surface area contributed by atoms with Crippen molar-refractivity contribution in [3.8, 4) is 11.4 Å². The number of nitrogens with zero attached hydrogens (tertiary/aromatic N) is 3. The van der Waals surface area contributed by atoms with Gasteiger partial charge in [-0.3, -0.25) is 4.98 Å². The summed E-state index contributed by atoms with van der Waals surface area (Å²) in [5, 5.41) is 0. The van der Waals surface area contributed by atoms with E-state index in [4.69, 9.17) is 5.73 Å². The molecule has 0 aliphatic rings. The Hall–Kier alpha value is -1.97. The van der Waals surface area contributed by atoms with Gasteiger partial charge in [0.05, 0.1) is 17.6 Å². The first-order valence-corrected chi connectivity index (χ1v) is 4.26. The Morgan fingerprint density at radius 1 is 1.29 bits per heavy atom. The summed E-state index contributed by atoms with van der Waals surface area (Å²) in [4.78, 5) is 12.1. The highest BCUT2D eigenvalue weighted by atomic mass is 14.9. The van der Waals surface area contributed by atoms with Crippen molar-refractivity contribution in [2.45, 2.75) is 6.92 Å². The number of aromatic nitrogens is 3. The molecule has 4 nitrogen and oxygen atoms in total. The number of hydrogen-bond acceptors (Lipinski definition) is 4. The second-order valence-electron chi connectivity index (χ2n) is 3.05. The zero-order valence-electron chi connectivity index (χ0n) is 7.81. The van der Waals surface area contributed by atoms with E-state index in [0.29, 0.717) is 11.4 Å². The van der Waals surface area contributed by atoms with Crippen LogP contribution >= 0.6 is 0 Å². The van der Waals surface area contributed by atoms with Crippen molar-refractivity contribution in [3.63, 3.8) is 0 Å². The van der Waals surface area contributed by atoms with Crippen molar-refractivity contribution in [1.82, 2.24) is 15.0 Å².